The highest BCUT2D eigenvalue weighted by atomic mass is 16.5. The SMILES string of the molecule is COc1cc2oc(=O)ccc2c(O)c1CC=C(C)C. The number of hydrogen-bond acceptors (Lipinski definition) is 4. The van der Waals surface area contributed by atoms with Crippen molar-refractivity contribution in [3.63, 3.8) is 0 Å². The second-order valence-corrected chi connectivity index (χ2v) is 4.56. The highest BCUT2D eigenvalue weighted by Crippen LogP contribution is 2.36. The van der Waals surface area contributed by atoms with Crippen molar-refractivity contribution in [2.45, 2.75) is 20.3 Å². The molecule has 0 saturated carbocycles. The summed E-state index contributed by atoms with van der Waals surface area (Å²) in [5, 5.41) is 10.8. The zero-order valence-electron chi connectivity index (χ0n) is 11.2. The summed E-state index contributed by atoms with van der Waals surface area (Å²) in [4.78, 5) is 11.2. The van der Waals surface area contributed by atoms with Crippen LogP contribution in [0, 0.1) is 0 Å². The molecule has 0 aliphatic carbocycles. The smallest absolute Gasteiger partial charge is 0.336 e. The number of allylic oxidation sites excluding steroid dienone is 2. The van der Waals surface area contributed by atoms with Crippen molar-refractivity contribution < 1.29 is 14.3 Å². The van der Waals surface area contributed by atoms with Gasteiger partial charge in [0.2, 0.25) is 0 Å². The van der Waals surface area contributed by atoms with Crippen LogP contribution in [0.15, 0.2) is 39.1 Å². The Labute approximate surface area is 110 Å². The molecule has 0 spiro atoms. The molecule has 4 nitrogen and oxygen atoms in total. The Morgan fingerprint density at radius 1 is 1.42 bits per heavy atom. The van der Waals surface area contributed by atoms with Crippen LogP contribution >= 0.6 is 0 Å². The van der Waals surface area contributed by atoms with E-state index in [2.05, 4.69) is 0 Å². The van der Waals surface area contributed by atoms with Crippen molar-refractivity contribution in [1.82, 2.24) is 0 Å². The van der Waals surface area contributed by atoms with Crippen LogP contribution in [0.1, 0.15) is 19.4 Å². The lowest BCUT2D eigenvalue weighted by molar-refractivity contribution is 0.401. The predicted molar refractivity (Wildman–Crippen MR) is 73.8 cm³/mol. The number of phenols is 1. The fraction of sp³-hybridized carbons (Fsp3) is 0.267. The van der Waals surface area contributed by atoms with Gasteiger partial charge >= 0.3 is 5.63 Å². The van der Waals surface area contributed by atoms with Gasteiger partial charge in [0.15, 0.2) is 0 Å². The Hall–Kier alpha value is -2.23. The first-order chi connectivity index (χ1) is 9.02. The van der Waals surface area contributed by atoms with Crippen molar-refractivity contribution in [3.8, 4) is 11.5 Å². The number of fused-ring (bicyclic) bond motifs is 1. The Morgan fingerprint density at radius 2 is 2.16 bits per heavy atom. The summed E-state index contributed by atoms with van der Waals surface area (Å²) in [7, 11) is 1.52. The van der Waals surface area contributed by atoms with Crippen molar-refractivity contribution in [3.05, 3.63) is 45.8 Å². The van der Waals surface area contributed by atoms with Gasteiger partial charge in [0, 0.05) is 17.7 Å². The minimum atomic E-state index is -0.453. The van der Waals surface area contributed by atoms with Crippen molar-refractivity contribution >= 4 is 11.0 Å². The van der Waals surface area contributed by atoms with Crippen LogP contribution in [0.3, 0.4) is 0 Å². The first kappa shape index (κ1) is 13.2. The lowest BCUT2D eigenvalue weighted by Crippen LogP contribution is -1.98. The number of phenolic OH excluding ortho intramolecular Hbond substituents is 1. The summed E-state index contributed by atoms with van der Waals surface area (Å²) >= 11 is 0. The fourth-order valence-electron chi connectivity index (χ4n) is 1.90. The number of hydrogen-bond donors (Lipinski definition) is 1. The average molecular weight is 260 g/mol. The molecule has 0 saturated heterocycles. The number of methoxy groups -OCH3 is 1. The summed E-state index contributed by atoms with van der Waals surface area (Å²) in [6, 6.07) is 4.48. The molecule has 4 heteroatoms. The molecule has 1 aromatic heterocycles. The van der Waals surface area contributed by atoms with E-state index in [-0.39, 0.29) is 5.75 Å². The van der Waals surface area contributed by atoms with E-state index in [1.807, 2.05) is 19.9 Å². The van der Waals surface area contributed by atoms with Gasteiger partial charge in [-0.25, -0.2) is 4.79 Å². The molecule has 100 valence electrons. The molecule has 19 heavy (non-hydrogen) atoms. The van der Waals surface area contributed by atoms with E-state index in [1.54, 1.807) is 12.1 Å². The maximum absolute atomic E-state index is 11.2. The van der Waals surface area contributed by atoms with Gasteiger partial charge in [-0.05, 0) is 26.3 Å². The van der Waals surface area contributed by atoms with Gasteiger partial charge in [0.1, 0.15) is 17.1 Å². The summed E-state index contributed by atoms with van der Waals surface area (Å²) in [5.74, 6) is 0.604. The van der Waals surface area contributed by atoms with Crippen LogP contribution in [0.2, 0.25) is 0 Å². The van der Waals surface area contributed by atoms with Crippen LogP contribution < -0.4 is 10.4 Å². The van der Waals surface area contributed by atoms with Gasteiger partial charge in [-0.15, -0.1) is 0 Å². The molecule has 0 bridgehead atoms. The molecular formula is C15H16O4. The largest absolute Gasteiger partial charge is 0.507 e. The molecule has 0 aliphatic heterocycles. The number of rotatable bonds is 3. The molecule has 0 unspecified atom stereocenters. The molecule has 0 aliphatic rings. The first-order valence-electron chi connectivity index (χ1n) is 5.99. The van der Waals surface area contributed by atoms with E-state index in [9.17, 15) is 9.90 Å². The van der Waals surface area contributed by atoms with Crippen molar-refractivity contribution in [2.75, 3.05) is 7.11 Å². The van der Waals surface area contributed by atoms with Crippen LogP contribution in [0.5, 0.6) is 11.5 Å². The highest BCUT2D eigenvalue weighted by molar-refractivity contribution is 5.86. The van der Waals surface area contributed by atoms with Gasteiger partial charge in [-0.3, -0.25) is 0 Å². The number of aromatic hydroxyl groups is 1. The Kier molecular flexibility index (Phi) is 3.60. The molecule has 0 fully saturated rings. The molecule has 1 aromatic carbocycles. The zero-order chi connectivity index (χ0) is 14.0. The van der Waals surface area contributed by atoms with Gasteiger partial charge in [0.25, 0.3) is 0 Å². The topological polar surface area (TPSA) is 59.7 Å². The summed E-state index contributed by atoms with van der Waals surface area (Å²) < 4.78 is 10.3. The standard InChI is InChI=1S/C15H16O4/c1-9(2)4-5-10-12(18-3)8-13-11(15(10)17)6-7-14(16)19-13/h4,6-8,17H,5H2,1-3H3. The number of benzene rings is 1. The molecule has 1 heterocycles. The Morgan fingerprint density at radius 3 is 2.79 bits per heavy atom. The highest BCUT2D eigenvalue weighted by Gasteiger charge is 2.14. The lowest BCUT2D eigenvalue weighted by Gasteiger charge is -2.11. The van der Waals surface area contributed by atoms with Crippen LogP contribution in [0.4, 0.5) is 0 Å². The molecule has 0 amide bonds. The molecule has 2 aromatic rings. The lowest BCUT2D eigenvalue weighted by atomic mass is 10.0. The van der Waals surface area contributed by atoms with Gasteiger partial charge in [0.05, 0.1) is 12.5 Å². The van der Waals surface area contributed by atoms with E-state index in [1.165, 1.54) is 13.2 Å². The van der Waals surface area contributed by atoms with Crippen molar-refractivity contribution in [2.24, 2.45) is 0 Å². The zero-order valence-corrected chi connectivity index (χ0v) is 11.2. The normalized spacial score (nSPS) is 10.5. The second kappa shape index (κ2) is 5.18. The summed E-state index contributed by atoms with van der Waals surface area (Å²) in [5.41, 5.74) is 1.71. The average Bonchev–Trinajstić information content (AvgIpc) is 2.36. The Bertz CT molecular complexity index is 691. The maximum atomic E-state index is 11.2. The minimum Gasteiger partial charge on any atom is -0.507 e. The van der Waals surface area contributed by atoms with Gasteiger partial charge < -0.3 is 14.3 Å². The van der Waals surface area contributed by atoms with E-state index < -0.39 is 5.63 Å². The third-order valence-corrected chi connectivity index (χ3v) is 2.90. The number of ether oxygens (including phenoxy) is 1. The fourth-order valence-corrected chi connectivity index (χ4v) is 1.90. The predicted octanol–water partition coefficient (Wildman–Crippen LogP) is 3.02. The molecule has 2 rings (SSSR count). The van der Waals surface area contributed by atoms with E-state index >= 15 is 0 Å². The molecule has 0 radical (unpaired) electrons. The quantitative estimate of drug-likeness (QED) is 0.680. The van der Waals surface area contributed by atoms with E-state index in [4.69, 9.17) is 9.15 Å². The van der Waals surface area contributed by atoms with Gasteiger partial charge in [-0.2, -0.15) is 0 Å². The van der Waals surface area contributed by atoms with Crippen molar-refractivity contribution in [1.29, 1.82) is 0 Å². The third-order valence-electron chi connectivity index (χ3n) is 2.90. The summed E-state index contributed by atoms with van der Waals surface area (Å²) in [6.45, 7) is 3.98. The first-order valence-corrected chi connectivity index (χ1v) is 5.99. The van der Waals surface area contributed by atoms with E-state index in [0.717, 1.165) is 5.57 Å². The maximum Gasteiger partial charge on any atom is 0.336 e. The van der Waals surface area contributed by atoms with Crippen LogP contribution in [-0.2, 0) is 6.42 Å². The third kappa shape index (κ3) is 2.62. The monoisotopic (exact) mass is 260 g/mol. The van der Waals surface area contributed by atoms with Crippen LogP contribution in [-0.4, -0.2) is 12.2 Å². The van der Waals surface area contributed by atoms with Gasteiger partial charge in [-0.1, -0.05) is 11.6 Å². The van der Waals surface area contributed by atoms with E-state index in [0.29, 0.717) is 28.7 Å². The molecular weight excluding hydrogens is 244 g/mol. The van der Waals surface area contributed by atoms with Crippen LogP contribution in [0.25, 0.3) is 11.0 Å². The molecule has 0 atom stereocenters. The molecule has 1 N–H and O–H groups in total. The Balaban J connectivity index is 2.68. The minimum absolute atomic E-state index is 0.0931. The second-order valence-electron chi connectivity index (χ2n) is 4.56. The summed E-state index contributed by atoms with van der Waals surface area (Å²) in [6.07, 6.45) is 2.56.